The zero-order valence-corrected chi connectivity index (χ0v) is 10.7. The van der Waals surface area contributed by atoms with Crippen LogP contribution in [0.15, 0.2) is 36.7 Å². The molecule has 0 spiro atoms. The van der Waals surface area contributed by atoms with E-state index < -0.39 is 0 Å². The lowest BCUT2D eigenvalue weighted by atomic mass is 9.66. The Bertz CT molecular complexity index is 610. The van der Waals surface area contributed by atoms with Gasteiger partial charge in [0.1, 0.15) is 6.33 Å². The Morgan fingerprint density at radius 1 is 1.35 bits per heavy atom. The van der Waals surface area contributed by atoms with Crippen molar-refractivity contribution in [1.82, 2.24) is 15.2 Å². The van der Waals surface area contributed by atoms with E-state index in [-0.39, 0.29) is 5.91 Å². The minimum atomic E-state index is -0.381. The van der Waals surface area contributed by atoms with Crippen LogP contribution in [0.25, 0.3) is 0 Å². The van der Waals surface area contributed by atoms with E-state index in [1.54, 1.807) is 24.3 Å². The van der Waals surface area contributed by atoms with Crippen LogP contribution in [-0.4, -0.2) is 35.8 Å². The van der Waals surface area contributed by atoms with Crippen LogP contribution in [0.1, 0.15) is 16.1 Å². The number of carbonyl (C=O) groups is 1. The van der Waals surface area contributed by atoms with Crippen molar-refractivity contribution in [2.24, 2.45) is 5.73 Å². The summed E-state index contributed by atoms with van der Waals surface area (Å²) in [5.41, 5.74) is 8.24. The molecule has 0 unspecified atom stereocenters. The van der Waals surface area contributed by atoms with Crippen molar-refractivity contribution in [2.45, 2.75) is 6.54 Å². The lowest BCUT2D eigenvalue weighted by Gasteiger charge is -2.05. The highest BCUT2D eigenvalue weighted by Crippen LogP contribution is 1.96. The molecule has 0 atom stereocenters. The molecule has 0 saturated heterocycles. The minimum Gasteiger partial charge on any atom is -0.435 e. The fourth-order valence-electron chi connectivity index (χ4n) is 1.69. The van der Waals surface area contributed by atoms with Gasteiger partial charge in [-0.15, -0.1) is 0 Å². The maximum Gasteiger partial charge on any atom is 0.435 e. The van der Waals surface area contributed by atoms with Gasteiger partial charge in [-0.3, -0.25) is 9.78 Å². The molecule has 20 heavy (non-hydrogen) atoms. The van der Waals surface area contributed by atoms with Crippen molar-refractivity contribution in [3.8, 4) is 0 Å². The van der Waals surface area contributed by atoms with E-state index >= 15 is 0 Å². The Hall–Kier alpha value is -2.18. The summed E-state index contributed by atoms with van der Waals surface area (Å²) >= 11 is 0. The van der Waals surface area contributed by atoms with Gasteiger partial charge in [-0.05, 0) is 12.1 Å². The lowest BCUT2D eigenvalue weighted by molar-refractivity contribution is 0.0977. The largest absolute Gasteiger partial charge is 0.435 e. The van der Waals surface area contributed by atoms with E-state index in [9.17, 15) is 4.79 Å². The molecule has 0 saturated carbocycles. The predicted molar refractivity (Wildman–Crippen MR) is 76.8 cm³/mol. The molecular weight excluding hydrogens is 254 g/mol. The third-order valence-corrected chi connectivity index (χ3v) is 2.61. The third-order valence-electron chi connectivity index (χ3n) is 2.61. The number of amides is 1. The molecule has 0 aliphatic heterocycles. The van der Waals surface area contributed by atoms with Crippen molar-refractivity contribution in [3.05, 3.63) is 47.9 Å². The quantitative estimate of drug-likeness (QED) is 0.535. The molecule has 1 aromatic heterocycles. The Morgan fingerprint density at radius 2 is 2.20 bits per heavy atom. The summed E-state index contributed by atoms with van der Waals surface area (Å²) in [7, 11) is 2.43. The van der Waals surface area contributed by atoms with Gasteiger partial charge in [0, 0.05) is 17.7 Å². The van der Waals surface area contributed by atoms with Gasteiger partial charge in [0.2, 0.25) is 13.2 Å². The summed E-state index contributed by atoms with van der Waals surface area (Å²) in [5, 5.41) is 10.8. The predicted octanol–water partition coefficient (Wildman–Crippen LogP) is -2.15. The number of hydrogen-bond acceptors (Lipinski definition) is 5. The van der Waals surface area contributed by atoms with Crippen LogP contribution in [0.4, 0.5) is 0 Å². The van der Waals surface area contributed by atoms with E-state index in [0.717, 1.165) is 11.2 Å². The van der Waals surface area contributed by atoms with E-state index in [4.69, 9.17) is 10.8 Å². The second-order valence-corrected chi connectivity index (χ2v) is 4.01. The molecule has 2 radical (unpaired) electrons. The molecule has 2 aromatic rings. The SMILES string of the molecule is NCc1cc([B]c2cccc(C(=O)N[B]O)c2)ncn1. The van der Waals surface area contributed by atoms with Gasteiger partial charge in [-0.1, -0.05) is 23.7 Å². The zero-order chi connectivity index (χ0) is 14.4. The van der Waals surface area contributed by atoms with E-state index in [2.05, 4.69) is 15.2 Å². The number of carbonyl (C=O) groups excluding carboxylic acids is 1. The van der Waals surface area contributed by atoms with Gasteiger partial charge in [0.25, 0.3) is 0 Å². The molecule has 1 aromatic carbocycles. The Balaban J connectivity index is 2.16. The van der Waals surface area contributed by atoms with Gasteiger partial charge < -0.3 is 16.0 Å². The normalized spacial score (nSPS) is 9.90. The number of rotatable bonds is 5. The average Bonchev–Trinajstić information content (AvgIpc) is 2.48. The van der Waals surface area contributed by atoms with Crippen molar-refractivity contribution in [1.29, 1.82) is 0 Å². The van der Waals surface area contributed by atoms with Crippen LogP contribution in [0.2, 0.25) is 0 Å². The van der Waals surface area contributed by atoms with E-state index in [1.807, 2.05) is 13.3 Å². The molecule has 1 heterocycles. The van der Waals surface area contributed by atoms with Crippen LogP contribution in [-0.2, 0) is 6.54 Å². The third kappa shape index (κ3) is 3.66. The number of nitrogens with one attached hydrogen (secondary N) is 1. The van der Waals surface area contributed by atoms with Crippen molar-refractivity contribution in [2.75, 3.05) is 0 Å². The van der Waals surface area contributed by atoms with E-state index in [1.165, 1.54) is 6.33 Å². The summed E-state index contributed by atoms with van der Waals surface area (Å²) in [5.74, 6) is -0.381. The topological polar surface area (TPSA) is 101 Å². The summed E-state index contributed by atoms with van der Waals surface area (Å²) in [6.45, 7) is 0.345. The highest BCUT2D eigenvalue weighted by Gasteiger charge is 2.08. The van der Waals surface area contributed by atoms with E-state index in [0.29, 0.717) is 25.3 Å². The molecular formula is C12H12B2N4O2. The van der Waals surface area contributed by atoms with Crippen LogP contribution in [0, 0.1) is 0 Å². The summed E-state index contributed by atoms with van der Waals surface area (Å²) in [4.78, 5) is 19.7. The maximum atomic E-state index is 11.6. The van der Waals surface area contributed by atoms with Crippen LogP contribution in [0.3, 0.4) is 0 Å². The first-order valence-corrected chi connectivity index (χ1v) is 5.95. The number of aromatic nitrogens is 2. The van der Waals surface area contributed by atoms with Crippen LogP contribution < -0.4 is 22.0 Å². The zero-order valence-electron chi connectivity index (χ0n) is 10.7. The summed E-state index contributed by atoms with van der Waals surface area (Å²) < 4.78 is 0. The molecule has 4 N–H and O–H groups in total. The highest BCUT2D eigenvalue weighted by molar-refractivity contribution is 6.66. The number of nitrogens with zero attached hydrogens (tertiary/aromatic N) is 2. The van der Waals surface area contributed by atoms with Gasteiger partial charge in [0.15, 0.2) is 0 Å². The summed E-state index contributed by atoms with van der Waals surface area (Å²) in [6, 6.07) is 8.74. The number of benzene rings is 1. The molecule has 0 fully saturated rings. The van der Waals surface area contributed by atoms with Gasteiger partial charge in [0.05, 0.1) is 5.69 Å². The molecule has 98 valence electrons. The van der Waals surface area contributed by atoms with Gasteiger partial charge in [-0.2, -0.15) is 0 Å². The smallest absolute Gasteiger partial charge is 0.435 e. The maximum absolute atomic E-state index is 11.6. The van der Waals surface area contributed by atoms with Crippen LogP contribution >= 0.6 is 0 Å². The first-order valence-electron chi connectivity index (χ1n) is 5.95. The standard InChI is InChI=1S/C12H12B2N4O2/c15-6-10-5-11(17-7-16-10)13-9-3-1-2-8(4-9)12(19)18-14-20/h1-5,7,20H,6,15H2,(H,18,19). The Morgan fingerprint density at radius 3 is 2.95 bits per heavy atom. The second-order valence-electron chi connectivity index (χ2n) is 4.01. The number of hydrogen-bond donors (Lipinski definition) is 3. The van der Waals surface area contributed by atoms with Crippen molar-refractivity contribution >= 4 is 31.9 Å². The lowest BCUT2D eigenvalue weighted by Crippen LogP contribution is -2.32. The van der Waals surface area contributed by atoms with Gasteiger partial charge in [-0.25, -0.2) is 4.98 Å². The van der Waals surface area contributed by atoms with Crippen molar-refractivity contribution < 1.29 is 9.82 Å². The molecule has 6 nitrogen and oxygen atoms in total. The van der Waals surface area contributed by atoms with Gasteiger partial charge >= 0.3 is 7.62 Å². The average molecular weight is 266 g/mol. The summed E-state index contributed by atoms with van der Waals surface area (Å²) in [6.07, 6.45) is 1.45. The highest BCUT2D eigenvalue weighted by atomic mass is 16.2. The number of nitrogens with two attached hydrogens (primary N) is 1. The fraction of sp³-hybridized carbons (Fsp3) is 0.0833. The molecule has 0 aliphatic carbocycles. The molecule has 0 bridgehead atoms. The first-order chi connectivity index (χ1) is 9.72. The minimum absolute atomic E-state index is 0.345. The Labute approximate surface area is 118 Å². The molecule has 2 rings (SSSR count). The fourth-order valence-corrected chi connectivity index (χ4v) is 1.69. The molecule has 8 heteroatoms. The monoisotopic (exact) mass is 266 g/mol. The van der Waals surface area contributed by atoms with Crippen LogP contribution in [0.5, 0.6) is 0 Å². The Kier molecular flexibility index (Phi) is 4.86. The van der Waals surface area contributed by atoms with Crippen molar-refractivity contribution in [3.63, 3.8) is 0 Å². The molecule has 0 aliphatic rings. The molecule has 1 amide bonds. The first kappa shape index (κ1) is 14.2. The second kappa shape index (κ2) is 6.83.